The van der Waals surface area contributed by atoms with Gasteiger partial charge in [-0.15, -0.1) is 0 Å². The monoisotopic (exact) mass is 1190 g/mol. The molecule has 0 saturated heterocycles. The maximum absolute atomic E-state index is 12.4. The molecule has 0 aromatic heterocycles. The van der Waals surface area contributed by atoms with Crippen LogP contribution in [0.15, 0.2) is 0 Å². The van der Waals surface area contributed by atoms with Crippen LogP contribution in [0.25, 0.3) is 0 Å². The Morgan fingerprint density at radius 1 is 0.321 bits per heavy atom. The number of esters is 5. The highest BCUT2D eigenvalue weighted by molar-refractivity contribution is 5.78. The lowest BCUT2D eigenvalue weighted by molar-refractivity contribution is -0.190. The summed E-state index contributed by atoms with van der Waals surface area (Å²) in [5.41, 5.74) is -2.68. The molecule has 5 aliphatic carbocycles. The second-order valence-corrected chi connectivity index (χ2v) is 31.6. The maximum atomic E-state index is 12.4. The van der Waals surface area contributed by atoms with E-state index in [0.717, 1.165) is 109 Å². The van der Waals surface area contributed by atoms with Gasteiger partial charge in [-0.1, -0.05) is 128 Å². The third-order valence-corrected chi connectivity index (χ3v) is 21.7. The molecule has 0 aromatic rings. The summed E-state index contributed by atoms with van der Waals surface area (Å²) >= 11 is 0. The molecule has 494 valence electrons. The predicted molar refractivity (Wildman–Crippen MR) is 350 cm³/mol. The van der Waals surface area contributed by atoms with Crippen molar-refractivity contribution in [2.75, 3.05) is 0 Å². The van der Waals surface area contributed by atoms with E-state index < -0.39 is 0 Å². The van der Waals surface area contributed by atoms with E-state index in [0.29, 0.717) is 5.92 Å². The minimum atomic E-state index is -0.365. The summed E-state index contributed by atoms with van der Waals surface area (Å²) in [5, 5.41) is 0. The molecule has 0 unspecified atom stereocenters. The van der Waals surface area contributed by atoms with Gasteiger partial charge in [-0.25, -0.2) is 0 Å². The van der Waals surface area contributed by atoms with Crippen molar-refractivity contribution in [3.63, 3.8) is 0 Å². The van der Waals surface area contributed by atoms with Gasteiger partial charge in [0.2, 0.25) is 0 Å². The van der Waals surface area contributed by atoms with Crippen LogP contribution in [0.3, 0.4) is 0 Å². The van der Waals surface area contributed by atoms with E-state index in [4.69, 9.17) is 23.7 Å². The van der Waals surface area contributed by atoms with Gasteiger partial charge < -0.3 is 23.7 Å². The number of rotatable bonds is 18. The molecule has 5 fully saturated rings. The first-order valence-corrected chi connectivity index (χ1v) is 35.0. The summed E-state index contributed by atoms with van der Waals surface area (Å²) in [6.07, 6.45) is 37.4. The van der Waals surface area contributed by atoms with Crippen molar-refractivity contribution in [1.82, 2.24) is 0 Å². The molecule has 5 saturated carbocycles. The van der Waals surface area contributed by atoms with Crippen molar-refractivity contribution in [3.8, 4) is 0 Å². The van der Waals surface area contributed by atoms with Crippen molar-refractivity contribution in [2.45, 2.75) is 406 Å². The van der Waals surface area contributed by atoms with E-state index >= 15 is 0 Å². The molecule has 0 amide bonds. The molecule has 0 radical (unpaired) electrons. The Bertz CT molecular complexity index is 1910. The van der Waals surface area contributed by atoms with E-state index in [2.05, 4.69) is 55.4 Å². The smallest absolute Gasteiger partial charge is 0.312 e. The molecule has 5 rings (SSSR count). The van der Waals surface area contributed by atoms with Crippen molar-refractivity contribution in [1.29, 1.82) is 0 Å². The van der Waals surface area contributed by atoms with Crippen LogP contribution in [0.4, 0.5) is 0 Å². The zero-order valence-corrected chi connectivity index (χ0v) is 59.7. The average Bonchev–Trinajstić information content (AvgIpc) is 3.66. The molecule has 0 bridgehead atoms. The molecule has 0 heterocycles. The molecule has 0 spiro atoms. The van der Waals surface area contributed by atoms with Crippen LogP contribution in [0.1, 0.15) is 378 Å². The van der Waals surface area contributed by atoms with Gasteiger partial charge in [-0.05, 0) is 255 Å². The Kier molecular flexibility index (Phi) is 33.0. The number of hydrogen-bond acceptors (Lipinski definition) is 10. The Hall–Kier alpha value is -2.65. The largest absolute Gasteiger partial charge is 0.459 e. The van der Waals surface area contributed by atoms with Crippen molar-refractivity contribution in [3.05, 3.63) is 0 Å². The lowest BCUT2D eigenvalue weighted by atomic mass is 9.68. The molecule has 0 atom stereocenters. The van der Waals surface area contributed by atoms with Crippen LogP contribution < -0.4 is 0 Å². The van der Waals surface area contributed by atoms with Crippen molar-refractivity contribution < 1.29 is 47.7 Å². The highest BCUT2D eigenvalue weighted by atomic mass is 16.6. The molecule has 0 aromatic carbocycles. The topological polar surface area (TPSA) is 132 Å². The quantitative estimate of drug-likeness (QED) is 0.0742. The lowest BCUT2D eigenvalue weighted by Crippen LogP contribution is -2.50. The second-order valence-electron chi connectivity index (χ2n) is 31.6. The number of ether oxygens (including phenoxy) is 5. The van der Waals surface area contributed by atoms with Crippen LogP contribution in [-0.2, 0) is 47.7 Å². The first-order chi connectivity index (χ1) is 38.8. The third kappa shape index (κ3) is 24.7. The fourth-order valence-corrected chi connectivity index (χ4v) is 11.7. The summed E-state index contributed by atoms with van der Waals surface area (Å²) in [4.78, 5) is 61.0. The van der Waals surface area contributed by atoms with Crippen LogP contribution in [0, 0.1) is 38.4 Å². The molecular formula is C74H138O10. The van der Waals surface area contributed by atoms with Gasteiger partial charge >= 0.3 is 29.8 Å². The minimum Gasteiger partial charge on any atom is -0.459 e. The van der Waals surface area contributed by atoms with E-state index in [-0.39, 0.29) is 90.3 Å². The molecule has 84 heavy (non-hydrogen) atoms. The average molecular weight is 1190 g/mol. The zero-order chi connectivity index (χ0) is 64.5. The summed E-state index contributed by atoms with van der Waals surface area (Å²) in [6, 6.07) is 0. The second kappa shape index (κ2) is 34.9. The zero-order valence-electron chi connectivity index (χ0n) is 59.7. The van der Waals surface area contributed by atoms with Gasteiger partial charge in [-0.3, -0.25) is 24.0 Å². The molecular weight excluding hydrogens is 1050 g/mol. The van der Waals surface area contributed by atoms with Crippen molar-refractivity contribution in [2.24, 2.45) is 38.4 Å². The van der Waals surface area contributed by atoms with Gasteiger partial charge in [0, 0.05) is 5.41 Å². The Labute approximate surface area is 519 Å². The van der Waals surface area contributed by atoms with Gasteiger partial charge in [0.05, 0.1) is 27.1 Å². The molecule has 0 aliphatic heterocycles. The van der Waals surface area contributed by atoms with Gasteiger partial charge in [0.15, 0.2) is 0 Å². The predicted octanol–water partition coefficient (Wildman–Crippen LogP) is 21.7. The van der Waals surface area contributed by atoms with Crippen LogP contribution >= 0.6 is 0 Å². The van der Waals surface area contributed by atoms with Gasteiger partial charge in [0.25, 0.3) is 0 Å². The lowest BCUT2D eigenvalue weighted by Gasteiger charge is -2.47. The first kappa shape index (κ1) is 79.4. The SMILES string of the molecule is CCC(C)(C)C(=O)OC1(C(C)(C)C)CCCCC1.CCC(C)(C)C(=O)OC1(C(C)C)CCCCC1.CCC(C)(C)C(=O)OC1(C)CCCCCC1.CCC1(OC(=O)C(C)(C)CC)CCCCC1.CCC1(OC(=O)C(C)(C)CC)CCCCCC1. The van der Waals surface area contributed by atoms with E-state index in [1.807, 2.05) is 104 Å². The molecule has 0 N–H and O–H groups in total. The highest BCUT2D eigenvalue weighted by Gasteiger charge is 2.48. The van der Waals surface area contributed by atoms with Crippen LogP contribution in [-0.4, -0.2) is 57.9 Å². The Balaban J connectivity index is 0.000000525. The van der Waals surface area contributed by atoms with Gasteiger partial charge in [0.1, 0.15) is 28.0 Å². The summed E-state index contributed by atoms with van der Waals surface area (Å²) in [5.74, 6) is 0.318. The minimum absolute atomic E-state index is 0.0104. The number of hydrogen-bond donors (Lipinski definition) is 0. The maximum Gasteiger partial charge on any atom is 0.312 e. The first-order valence-electron chi connectivity index (χ1n) is 35.0. The summed E-state index contributed by atoms with van der Waals surface area (Å²) in [6.45, 7) is 47.3. The third-order valence-electron chi connectivity index (χ3n) is 21.7. The van der Waals surface area contributed by atoms with Crippen LogP contribution in [0.5, 0.6) is 0 Å². The Morgan fingerprint density at radius 2 is 0.560 bits per heavy atom. The summed E-state index contributed by atoms with van der Waals surface area (Å²) in [7, 11) is 0. The van der Waals surface area contributed by atoms with Gasteiger partial charge in [-0.2, -0.15) is 0 Å². The van der Waals surface area contributed by atoms with E-state index in [1.165, 1.54) is 109 Å². The summed E-state index contributed by atoms with van der Waals surface area (Å²) < 4.78 is 29.6. The highest BCUT2D eigenvalue weighted by Crippen LogP contribution is 2.47. The number of carbonyl (C=O) groups excluding carboxylic acids is 5. The molecule has 10 heteroatoms. The fraction of sp³-hybridized carbons (Fsp3) is 0.932. The Morgan fingerprint density at radius 3 is 0.833 bits per heavy atom. The standard InChI is InChI=1S/C16H30O2.2C15H28O2.2C14H26O2/c1-7-15(5,6)13(17)18-16(14(2,3)4)11-9-8-10-12-16;1-6-14(4,5)13(16)17-15(12(2)3)10-8-7-9-11-15;1-5-14(3,4)13(16)17-15(6-2)11-9-7-8-10-12-15;1-5-13(2,3)12(15)16-14(4)10-8-6-7-9-11-14;1-5-13(3,4)12(15)16-14(6-2)10-8-7-9-11-14/h7-12H2,1-6H3;12H,6-11H2,1-5H3;5-12H2,1-4H3;2*5-11H2,1-4H3. The normalized spacial score (nSPS) is 20.7. The fourth-order valence-electron chi connectivity index (χ4n) is 11.7. The molecule has 5 aliphatic rings. The number of carbonyl (C=O) groups is 5. The van der Waals surface area contributed by atoms with Crippen molar-refractivity contribution >= 4 is 29.8 Å². The molecule has 10 nitrogen and oxygen atoms in total. The van der Waals surface area contributed by atoms with Crippen LogP contribution in [0.2, 0.25) is 0 Å². The van der Waals surface area contributed by atoms with E-state index in [1.54, 1.807) is 0 Å². The van der Waals surface area contributed by atoms with E-state index in [9.17, 15) is 24.0 Å².